The third kappa shape index (κ3) is 6.00. The van der Waals surface area contributed by atoms with Crippen molar-refractivity contribution in [3.05, 3.63) is 62.9 Å². The SMILES string of the molecule is CCCCCOc1ccc(C=c2sc3nc(-c4ccc(OCCCC)cc4)nn3c2=O)cc1OC. The molecule has 0 spiro atoms. The van der Waals surface area contributed by atoms with E-state index >= 15 is 0 Å². The molecule has 184 valence electrons. The number of aromatic nitrogens is 3. The number of thiazole rings is 1. The molecule has 0 saturated carbocycles. The predicted octanol–water partition coefficient (Wildman–Crippen LogP) is 5.12. The highest BCUT2D eigenvalue weighted by atomic mass is 32.1. The highest BCUT2D eigenvalue weighted by Gasteiger charge is 2.13. The summed E-state index contributed by atoms with van der Waals surface area (Å²) in [7, 11) is 1.62. The van der Waals surface area contributed by atoms with Crippen LogP contribution in [0.25, 0.3) is 22.4 Å². The van der Waals surface area contributed by atoms with E-state index in [0.717, 1.165) is 49.0 Å². The highest BCUT2D eigenvalue weighted by molar-refractivity contribution is 7.15. The van der Waals surface area contributed by atoms with Crippen LogP contribution in [-0.2, 0) is 0 Å². The zero-order chi connectivity index (χ0) is 24.6. The largest absolute Gasteiger partial charge is 0.494 e. The Hall–Kier alpha value is -3.39. The van der Waals surface area contributed by atoms with Crippen LogP contribution >= 0.6 is 11.3 Å². The molecule has 8 heteroatoms. The number of nitrogens with zero attached hydrogens (tertiary/aromatic N) is 3. The van der Waals surface area contributed by atoms with Gasteiger partial charge in [-0.2, -0.15) is 9.50 Å². The fourth-order valence-electron chi connectivity index (χ4n) is 3.57. The van der Waals surface area contributed by atoms with Crippen molar-refractivity contribution in [3.63, 3.8) is 0 Å². The third-order valence-electron chi connectivity index (χ3n) is 5.55. The van der Waals surface area contributed by atoms with Crippen molar-refractivity contribution in [2.45, 2.75) is 46.0 Å². The van der Waals surface area contributed by atoms with Gasteiger partial charge in [0.1, 0.15) is 5.75 Å². The molecular formula is C27H31N3O4S. The molecule has 0 aliphatic carbocycles. The Labute approximate surface area is 209 Å². The Morgan fingerprint density at radius 2 is 1.71 bits per heavy atom. The van der Waals surface area contributed by atoms with Crippen LogP contribution in [0.15, 0.2) is 47.3 Å². The first-order valence-electron chi connectivity index (χ1n) is 12.1. The summed E-state index contributed by atoms with van der Waals surface area (Å²) in [4.78, 5) is 18.1. The van der Waals surface area contributed by atoms with Gasteiger partial charge in [-0.15, -0.1) is 5.10 Å². The predicted molar refractivity (Wildman–Crippen MR) is 140 cm³/mol. The molecule has 0 atom stereocenters. The number of hydrogen-bond donors (Lipinski definition) is 0. The van der Waals surface area contributed by atoms with E-state index in [9.17, 15) is 4.79 Å². The van der Waals surface area contributed by atoms with Gasteiger partial charge in [-0.05, 0) is 60.9 Å². The lowest BCUT2D eigenvalue weighted by Crippen LogP contribution is -2.23. The smallest absolute Gasteiger partial charge is 0.291 e. The molecule has 0 aliphatic rings. The summed E-state index contributed by atoms with van der Waals surface area (Å²) in [5.41, 5.74) is 1.50. The van der Waals surface area contributed by atoms with Crippen LogP contribution in [-0.4, -0.2) is 34.9 Å². The van der Waals surface area contributed by atoms with E-state index in [1.807, 2.05) is 48.5 Å². The van der Waals surface area contributed by atoms with Gasteiger partial charge in [-0.3, -0.25) is 4.79 Å². The zero-order valence-electron chi connectivity index (χ0n) is 20.5. The number of fused-ring (bicyclic) bond motifs is 1. The average molecular weight is 494 g/mol. The van der Waals surface area contributed by atoms with Crippen LogP contribution in [0.5, 0.6) is 17.2 Å². The third-order valence-corrected chi connectivity index (χ3v) is 6.51. The van der Waals surface area contributed by atoms with Crippen molar-refractivity contribution in [1.82, 2.24) is 14.6 Å². The molecule has 7 nitrogen and oxygen atoms in total. The van der Waals surface area contributed by atoms with Crippen molar-refractivity contribution in [2.24, 2.45) is 0 Å². The number of rotatable bonds is 12. The second-order valence-corrected chi connectivity index (χ2v) is 9.25. The molecule has 0 saturated heterocycles. The molecule has 2 heterocycles. The van der Waals surface area contributed by atoms with Crippen LogP contribution in [0.4, 0.5) is 0 Å². The molecule has 2 aromatic heterocycles. The van der Waals surface area contributed by atoms with Gasteiger partial charge in [-0.1, -0.05) is 50.5 Å². The molecule has 0 fully saturated rings. The fourth-order valence-corrected chi connectivity index (χ4v) is 4.48. The Bertz CT molecular complexity index is 1360. The van der Waals surface area contributed by atoms with E-state index in [1.165, 1.54) is 15.9 Å². The summed E-state index contributed by atoms with van der Waals surface area (Å²) in [6.45, 7) is 5.65. The van der Waals surface area contributed by atoms with Gasteiger partial charge in [0.05, 0.1) is 24.9 Å². The summed E-state index contributed by atoms with van der Waals surface area (Å²) in [5, 5.41) is 4.44. The van der Waals surface area contributed by atoms with Crippen molar-refractivity contribution in [1.29, 1.82) is 0 Å². The van der Waals surface area contributed by atoms with E-state index in [1.54, 1.807) is 7.11 Å². The van der Waals surface area contributed by atoms with Crippen molar-refractivity contribution in [3.8, 4) is 28.6 Å². The lowest BCUT2D eigenvalue weighted by molar-refractivity contribution is 0.286. The fraction of sp³-hybridized carbons (Fsp3) is 0.370. The van der Waals surface area contributed by atoms with Gasteiger partial charge >= 0.3 is 0 Å². The number of ether oxygens (including phenoxy) is 3. The minimum atomic E-state index is -0.192. The quantitative estimate of drug-likeness (QED) is 0.255. The minimum absolute atomic E-state index is 0.192. The molecule has 2 aromatic carbocycles. The van der Waals surface area contributed by atoms with E-state index < -0.39 is 0 Å². The number of benzene rings is 2. The van der Waals surface area contributed by atoms with Gasteiger partial charge in [-0.25, -0.2) is 0 Å². The topological polar surface area (TPSA) is 75.0 Å². The second kappa shape index (κ2) is 11.8. The summed E-state index contributed by atoms with van der Waals surface area (Å²) < 4.78 is 19.0. The maximum Gasteiger partial charge on any atom is 0.291 e. The van der Waals surface area contributed by atoms with Crippen molar-refractivity contribution in [2.75, 3.05) is 20.3 Å². The summed E-state index contributed by atoms with van der Waals surface area (Å²) >= 11 is 1.31. The lowest BCUT2D eigenvalue weighted by Gasteiger charge is -2.11. The van der Waals surface area contributed by atoms with Gasteiger partial charge in [0, 0.05) is 5.56 Å². The van der Waals surface area contributed by atoms with Crippen LogP contribution in [0.1, 0.15) is 51.5 Å². The van der Waals surface area contributed by atoms with Gasteiger partial charge < -0.3 is 14.2 Å². The first-order valence-corrected chi connectivity index (χ1v) is 12.9. The molecule has 0 N–H and O–H groups in total. The molecule has 0 radical (unpaired) electrons. The first kappa shape index (κ1) is 24.7. The van der Waals surface area contributed by atoms with Gasteiger partial charge in [0.25, 0.3) is 5.56 Å². The zero-order valence-corrected chi connectivity index (χ0v) is 21.3. The Morgan fingerprint density at radius 1 is 0.943 bits per heavy atom. The minimum Gasteiger partial charge on any atom is -0.494 e. The average Bonchev–Trinajstić information content (AvgIpc) is 3.42. The highest BCUT2D eigenvalue weighted by Crippen LogP contribution is 2.28. The monoisotopic (exact) mass is 493 g/mol. The van der Waals surface area contributed by atoms with Crippen LogP contribution in [0, 0.1) is 0 Å². The Balaban J connectivity index is 1.53. The lowest BCUT2D eigenvalue weighted by atomic mass is 10.2. The van der Waals surface area contributed by atoms with E-state index in [4.69, 9.17) is 14.2 Å². The maximum atomic E-state index is 13.0. The van der Waals surface area contributed by atoms with E-state index in [2.05, 4.69) is 23.9 Å². The van der Waals surface area contributed by atoms with Crippen LogP contribution in [0.2, 0.25) is 0 Å². The van der Waals surface area contributed by atoms with Crippen molar-refractivity contribution >= 4 is 22.4 Å². The molecule has 0 amide bonds. The number of unbranched alkanes of at least 4 members (excludes halogenated alkanes) is 3. The van der Waals surface area contributed by atoms with E-state index in [-0.39, 0.29) is 5.56 Å². The van der Waals surface area contributed by atoms with E-state index in [0.29, 0.717) is 40.0 Å². The molecule has 4 rings (SSSR count). The molecule has 35 heavy (non-hydrogen) atoms. The van der Waals surface area contributed by atoms with Gasteiger partial charge in [0.15, 0.2) is 17.3 Å². The van der Waals surface area contributed by atoms with Crippen molar-refractivity contribution < 1.29 is 14.2 Å². The molecule has 0 bridgehead atoms. The molecular weight excluding hydrogens is 462 g/mol. The number of methoxy groups -OCH3 is 1. The normalized spacial score (nSPS) is 11.8. The second-order valence-electron chi connectivity index (χ2n) is 8.24. The van der Waals surface area contributed by atoms with Crippen LogP contribution in [0.3, 0.4) is 0 Å². The number of hydrogen-bond acceptors (Lipinski definition) is 7. The Morgan fingerprint density at radius 3 is 2.43 bits per heavy atom. The van der Waals surface area contributed by atoms with Crippen LogP contribution < -0.4 is 24.3 Å². The molecule has 0 aliphatic heterocycles. The van der Waals surface area contributed by atoms with Gasteiger partial charge in [0.2, 0.25) is 4.96 Å². The summed E-state index contributed by atoms with van der Waals surface area (Å²) in [6, 6.07) is 13.3. The Kier molecular flexibility index (Phi) is 8.36. The maximum absolute atomic E-state index is 13.0. The molecule has 0 unspecified atom stereocenters. The first-order chi connectivity index (χ1) is 17.1. The summed E-state index contributed by atoms with van der Waals surface area (Å²) in [6.07, 6.45) is 7.23. The molecule has 4 aromatic rings. The standard InChI is InChI=1S/C27H31N3O4S/c1-4-6-8-16-34-22-14-9-19(17-23(22)32-3)18-24-26(31)30-27(35-24)28-25(29-30)20-10-12-21(13-11-20)33-15-7-5-2/h9-14,17-18H,4-8,15-16H2,1-3H3. The summed E-state index contributed by atoms with van der Waals surface area (Å²) in [5.74, 6) is 2.69.